The summed E-state index contributed by atoms with van der Waals surface area (Å²) in [6, 6.07) is 8.45. The van der Waals surface area contributed by atoms with Crippen molar-refractivity contribution in [2.45, 2.75) is 13.0 Å². The van der Waals surface area contributed by atoms with Crippen molar-refractivity contribution in [2.24, 2.45) is 0 Å². The fourth-order valence-corrected chi connectivity index (χ4v) is 2.58. The SMILES string of the molecule is Brc1cccc(CNCCCN2CCOCC2)c1.Cl.Cl. The molecule has 1 aliphatic heterocycles. The van der Waals surface area contributed by atoms with Crippen molar-refractivity contribution >= 4 is 40.7 Å². The smallest absolute Gasteiger partial charge is 0.0594 e. The van der Waals surface area contributed by atoms with Gasteiger partial charge in [-0.2, -0.15) is 0 Å². The molecule has 1 fully saturated rings. The summed E-state index contributed by atoms with van der Waals surface area (Å²) in [4.78, 5) is 2.48. The van der Waals surface area contributed by atoms with E-state index in [9.17, 15) is 0 Å². The van der Waals surface area contributed by atoms with Gasteiger partial charge in [0.2, 0.25) is 0 Å². The highest BCUT2D eigenvalue weighted by atomic mass is 79.9. The maximum Gasteiger partial charge on any atom is 0.0594 e. The maximum atomic E-state index is 5.33. The van der Waals surface area contributed by atoms with Crippen LogP contribution in [0.5, 0.6) is 0 Å². The molecule has 1 heterocycles. The van der Waals surface area contributed by atoms with Gasteiger partial charge in [-0.3, -0.25) is 4.90 Å². The minimum atomic E-state index is 0. The molecule has 0 bridgehead atoms. The number of ether oxygens (including phenoxy) is 1. The molecule has 6 heteroatoms. The molecule has 1 aromatic carbocycles. The number of morpholine rings is 1. The van der Waals surface area contributed by atoms with Gasteiger partial charge >= 0.3 is 0 Å². The molecular weight excluding hydrogens is 363 g/mol. The summed E-state index contributed by atoms with van der Waals surface area (Å²) >= 11 is 3.49. The molecule has 2 rings (SSSR count). The lowest BCUT2D eigenvalue weighted by Crippen LogP contribution is -2.37. The second-order valence-corrected chi connectivity index (χ2v) is 5.53. The Morgan fingerprint density at radius 3 is 2.65 bits per heavy atom. The van der Waals surface area contributed by atoms with Crippen LogP contribution in [0.1, 0.15) is 12.0 Å². The van der Waals surface area contributed by atoms with E-state index in [1.165, 1.54) is 18.5 Å². The van der Waals surface area contributed by atoms with Gasteiger partial charge in [0, 0.05) is 24.1 Å². The van der Waals surface area contributed by atoms with Crippen LogP contribution in [0.2, 0.25) is 0 Å². The molecule has 0 unspecified atom stereocenters. The molecule has 0 atom stereocenters. The van der Waals surface area contributed by atoms with Crippen LogP contribution in [0.15, 0.2) is 28.7 Å². The molecule has 0 aromatic heterocycles. The first-order chi connectivity index (χ1) is 8.84. The lowest BCUT2D eigenvalue weighted by atomic mass is 10.2. The van der Waals surface area contributed by atoms with E-state index in [1.54, 1.807) is 0 Å². The zero-order valence-corrected chi connectivity index (χ0v) is 14.7. The van der Waals surface area contributed by atoms with E-state index in [-0.39, 0.29) is 24.8 Å². The molecule has 0 saturated carbocycles. The van der Waals surface area contributed by atoms with Gasteiger partial charge in [-0.1, -0.05) is 28.1 Å². The molecule has 0 amide bonds. The van der Waals surface area contributed by atoms with Crippen LogP contribution in [0.3, 0.4) is 0 Å². The van der Waals surface area contributed by atoms with Crippen LogP contribution in [-0.2, 0) is 11.3 Å². The molecule has 0 aliphatic carbocycles. The molecular formula is C14H23BrCl2N2O. The molecule has 1 saturated heterocycles. The Balaban J connectivity index is 0.00000180. The largest absolute Gasteiger partial charge is 0.379 e. The lowest BCUT2D eigenvalue weighted by molar-refractivity contribution is 0.0374. The molecule has 0 radical (unpaired) electrons. The van der Waals surface area contributed by atoms with Crippen molar-refractivity contribution in [3.05, 3.63) is 34.3 Å². The maximum absolute atomic E-state index is 5.33. The van der Waals surface area contributed by atoms with Crippen LogP contribution in [0, 0.1) is 0 Å². The summed E-state index contributed by atoms with van der Waals surface area (Å²) in [5, 5.41) is 3.49. The van der Waals surface area contributed by atoms with Gasteiger partial charge in [-0.05, 0) is 37.2 Å². The number of rotatable bonds is 6. The summed E-state index contributed by atoms with van der Waals surface area (Å²) in [7, 11) is 0. The summed E-state index contributed by atoms with van der Waals surface area (Å²) in [6.45, 7) is 7.16. The van der Waals surface area contributed by atoms with E-state index >= 15 is 0 Å². The van der Waals surface area contributed by atoms with Crippen LogP contribution in [0.4, 0.5) is 0 Å². The van der Waals surface area contributed by atoms with Crippen molar-refractivity contribution in [1.29, 1.82) is 0 Å². The first-order valence-corrected chi connectivity index (χ1v) is 7.39. The zero-order chi connectivity index (χ0) is 12.6. The first-order valence-electron chi connectivity index (χ1n) is 6.60. The number of benzene rings is 1. The number of hydrogen-bond donors (Lipinski definition) is 1. The zero-order valence-electron chi connectivity index (χ0n) is 11.5. The van der Waals surface area contributed by atoms with Gasteiger partial charge in [0.15, 0.2) is 0 Å². The highest BCUT2D eigenvalue weighted by Crippen LogP contribution is 2.11. The van der Waals surface area contributed by atoms with Gasteiger partial charge in [0.05, 0.1) is 13.2 Å². The summed E-state index contributed by atoms with van der Waals surface area (Å²) in [6.07, 6.45) is 1.20. The molecule has 1 N–H and O–H groups in total. The van der Waals surface area contributed by atoms with Crippen LogP contribution >= 0.6 is 40.7 Å². The highest BCUT2D eigenvalue weighted by molar-refractivity contribution is 9.10. The molecule has 116 valence electrons. The molecule has 3 nitrogen and oxygen atoms in total. The van der Waals surface area contributed by atoms with E-state index in [1.807, 2.05) is 0 Å². The third kappa shape index (κ3) is 7.81. The molecule has 20 heavy (non-hydrogen) atoms. The number of nitrogens with zero attached hydrogens (tertiary/aromatic N) is 1. The Bertz CT molecular complexity index is 363. The van der Waals surface area contributed by atoms with Crippen molar-refractivity contribution in [3.8, 4) is 0 Å². The standard InChI is InChI=1S/C14H21BrN2O.2ClH/c15-14-4-1-3-13(11-14)12-16-5-2-6-17-7-9-18-10-8-17;;/h1,3-4,11,16H,2,5-10,12H2;2*1H. The Kier molecular flexibility index (Phi) is 11.9. The topological polar surface area (TPSA) is 24.5 Å². The van der Waals surface area contributed by atoms with Gasteiger partial charge in [0.1, 0.15) is 0 Å². The highest BCUT2D eigenvalue weighted by Gasteiger charge is 2.08. The fraction of sp³-hybridized carbons (Fsp3) is 0.571. The van der Waals surface area contributed by atoms with Crippen LogP contribution in [-0.4, -0.2) is 44.3 Å². The van der Waals surface area contributed by atoms with Gasteiger partial charge < -0.3 is 10.1 Å². The van der Waals surface area contributed by atoms with Crippen molar-refractivity contribution in [3.63, 3.8) is 0 Å². The van der Waals surface area contributed by atoms with Gasteiger partial charge in [-0.25, -0.2) is 0 Å². The Hall–Kier alpha value is 0.160. The van der Waals surface area contributed by atoms with Gasteiger partial charge in [-0.15, -0.1) is 24.8 Å². The molecule has 1 aliphatic rings. The van der Waals surface area contributed by atoms with E-state index < -0.39 is 0 Å². The number of nitrogens with one attached hydrogen (secondary N) is 1. The van der Waals surface area contributed by atoms with Crippen LogP contribution < -0.4 is 5.32 Å². The van der Waals surface area contributed by atoms with E-state index in [0.29, 0.717) is 0 Å². The average Bonchev–Trinajstić information content (AvgIpc) is 2.40. The summed E-state index contributed by atoms with van der Waals surface area (Å²) < 4.78 is 6.48. The predicted octanol–water partition coefficient (Wildman–Crippen LogP) is 3.10. The van der Waals surface area contributed by atoms with Crippen molar-refractivity contribution in [1.82, 2.24) is 10.2 Å². The van der Waals surface area contributed by atoms with Crippen molar-refractivity contribution < 1.29 is 4.74 Å². The molecule has 1 aromatic rings. The Morgan fingerprint density at radius 2 is 1.95 bits per heavy atom. The second-order valence-electron chi connectivity index (χ2n) is 4.61. The quantitative estimate of drug-likeness (QED) is 0.761. The van der Waals surface area contributed by atoms with Crippen LogP contribution in [0.25, 0.3) is 0 Å². The number of halogens is 3. The number of hydrogen-bond acceptors (Lipinski definition) is 3. The fourth-order valence-electron chi connectivity index (χ4n) is 2.13. The van der Waals surface area contributed by atoms with E-state index in [4.69, 9.17) is 4.74 Å². The van der Waals surface area contributed by atoms with Crippen molar-refractivity contribution in [2.75, 3.05) is 39.4 Å². The predicted molar refractivity (Wildman–Crippen MR) is 92.2 cm³/mol. The minimum Gasteiger partial charge on any atom is -0.379 e. The molecule has 0 spiro atoms. The monoisotopic (exact) mass is 384 g/mol. The van der Waals surface area contributed by atoms with E-state index in [0.717, 1.165) is 43.9 Å². The first kappa shape index (κ1) is 20.2. The summed E-state index contributed by atoms with van der Waals surface area (Å²) in [5.41, 5.74) is 1.33. The normalized spacial score (nSPS) is 15.2. The third-order valence-corrected chi connectivity index (χ3v) is 3.64. The Morgan fingerprint density at radius 1 is 1.20 bits per heavy atom. The lowest BCUT2D eigenvalue weighted by Gasteiger charge is -2.26. The summed E-state index contributed by atoms with van der Waals surface area (Å²) in [5.74, 6) is 0. The second kappa shape index (κ2) is 11.8. The van der Waals surface area contributed by atoms with Gasteiger partial charge in [0.25, 0.3) is 0 Å². The Labute approximate surface area is 142 Å². The average molecular weight is 386 g/mol. The van der Waals surface area contributed by atoms with E-state index in [2.05, 4.69) is 50.4 Å². The minimum absolute atomic E-state index is 0. The third-order valence-electron chi connectivity index (χ3n) is 3.15.